The van der Waals surface area contributed by atoms with Crippen LogP contribution in [0.2, 0.25) is 0 Å². The lowest BCUT2D eigenvalue weighted by Gasteiger charge is -2.13. The lowest BCUT2D eigenvalue weighted by atomic mass is 10.0. The quantitative estimate of drug-likeness (QED) is 0.852. The van der Waals surface area contributed by atoms with Gasteiger partial charge >= 0.3 is 0 Å². The Morgan fingerprint density at radius 1 is 1.25 bits per heavy atom. The zero-order chi connectivity index (χ0) is 10.6. The highest BCUT2D eigenvalue weighted by molar-refractivity contribution is 7.09. The lowest BCUT2D eigenvalue weighted by molar-refractivity contribution is 0.467. The van der Waals surface area contributed by atoms with E-state index in [1.54, 1.807) is 11.5 Å². The van der Waals surface area contributed by atoms with Crippen molar-refractivity contribution >= 4 is 16.7 Å². The summed E-state index contributed by atoms with van der Waals surface area (Å²) in [5.74, 6) is 2.80. The number of anilines is 1. The maximum absolute atomic E-state index is 4.58. The molecule has 0 atom stereocenters. The topological polar surface area (TPSA) is 37.8 Å². The molecule has 0 radical (unpaired) electrons. The molecule has 0 aliphatic heterocycles. The molecule has 0 bridgehead atoms. The molecule has 1 aromatic heterocycles. The van der Waals surface area contributed by atoms with Crippen LogP contribution in [-0.4, -0.2) is 15.9 Å². The number of hydrogen-bond donors (Lipinski definition) is 1. The van der Waals surface area contributed by atoms with Gasteiger partial charge in [0, 0.05) is 24.0 Å². The summed E-state index contributed by atoms with van der Waals surface area (Å²) in [6, 6.07) is 0. The van der Waals surface area contributed by atoms with E-state index in [4.69, 9.17) is 0 Å². The van der Waals surface area contributed by atoms with Crippen LogP contribution in [0, 0.1) is 11.3 Å². The van der Waals surface area contributed by atoms with Crippen LogP contribution in [0.4, 0.5) is 5.13 Å². The first-order valence-electron chi connectivity index (χ1n) is 6.43. The summed E-state index contributed by atoms with van der Waals surface area (Å²) in [4.78, 5) is 4.58. The molecule has 0 aromatic carbocycles. The van der Waals surface area contributed by atoms with Crippen molar-refractivity contribution in [2.45, 2.75) is 44.4 Å². The Balaban J connectivity index is 1.38. The Hall–Kier alpha value is -0.640. The maximum Gasteiger partial charge on any atom is 0.202 e. The van der Waals surface area contributed by atoms with Crippen LogP contribution in [0.5, 0.6) is 0 Å². The van der Waals surface area contributed by atoms with Crippen molar-refractivity contribution < 1.29 is 0 Å². The molecule has 16 heavy (non-hydrogen) atoms. The highest BCUT2D eigenvalue weighted by atomic mass is 32.1. The number of hydrogen-bond acceptors (Lipinski definition) is 4. The first-order chi connectivity index (χ1) is 7.86. The van der Waals surface area contributed by atoms with Crippen LogP contribution in [-0.2, 0) is 0 Å². The van der Waals surface area contributed by atoms with E-state index >= 15 is 0 Å². The molecule has 0 unspecified atom stereocenters. The van der Waals surface area contributed by atoms with Gasteiger partial charge < -0.3 is 5.32 Å². The van der Waals surface area contributed by atoms with Crippen LogP contribution in [0.3, 0.4) is 0 Å². The minimum atomic E-state index is 0.658. The number of rotatable bonds is 5. The molecule has 3 saturated carbocycles. The third-order valence-electron chi connectivity index (χ3n) is 4.31. The highest BCUT2D eigenvalue weighted by Crippen LogP contribution is 2.61. The molecule has 1 N–H and O–H groups in total. The average molecular weight is 235 g/mol. The Morgan fingerprint density at radius 2 is 2.06 bits per heavy atom. The van der Waals surface area contributed by atoms with E-state index in [2.05, 4.69) is 14.7 Å². The van der Waals surface area contributed by atoms with Crippen LogP contribution in [0.15, 0.2) is 0 Å². The van der Waals surface area contributed by atoms with Crippen LogP contribution in [0.1, 0.15) is 50.3 Å². The zero-order valence-corrected chi connectivity index (χ0v) is 10.2. The molecule has 86 valence electrons. The molecule has 3 nitrogen and oxygen atoms in total. The maximum atomic E-state index is 4.58. The molecule has 3 aliphatic carbocycles. The third kappa shape index (κ3) is 1.63. The van der Waals surface area contributed by atoms with Gasteiger partial charge in [-0.05, 0) is 49.9 Å². The Bertz CT molecular complexity index is 402. The number of nitrogens with zero attached hydrogens (tertiary/aromatic N) is 2. The fourth-order valence-electron chi connectivity index (χ4n) is 2.65. The Kier molecular flexibility index (Phi) is 1.87. The van der Waals surface area contributed by atoms with Crippen molar-refractivity contribution in [1.29, 1.82) is 0 Å². The normalized spacial score (nSPS) is 26.8. The monoisotopic (exact) mass is 235 g/mol. The molecule has 0 saturated heterocycles. The van der Waals surface area contributed by atoms with Gasteiger partial charge in [0.25, 0.3) is 0 Å². The summed E-state index contributed by atoms with van der Waals surface area (Å²) in [6.45, 7) is 1.14. The van der Waals surface area contributed by atoms with Gasteiger partial charge in [-0.3, -0.25) is 0 Å². The van der Waals surface area contributed by atoms with E-state index in [1.807, 2.05) is 0 Å². The number of nitrogens with one attached hydrogen (secondary N) is 1. The summed E-state index contributed by atoms with van der Waals surface area (Å²) < 4.78 is 4.43. The van der Waals surface area contributed by atoms with E-state index in [-0.39, 0.29) is 0 Å². The van der Waals surface area contributed by atoms with E-state index < -0.39 is 0 Å². The fraction of sp³-hybridized carbons (Fsp3) is 0.833. The first kappa shape index (κ1) is 9.40. The largest absolute Gasteiger partial charge is 0.360 e. The molecule has 0 spiro atoms. The van der Waals surface area contributed by atoms with Crippen LogP contribution in [0.25, 0.3) is 0 Å². The summed E-state index contributed by atoms with van der Waals surface area (Å²) in [6.07, 6.45) is 8.37. The summed E-state index contributed by atoms with van der Waals surface area (Å²) in [5.41, 5.74) is 0.658. The van der Waals surface area contributed by atoms with E-state index in [0.717, 1.165) is 23.4 Å². The second-order valence-corrected chi connectivity index (χ2v) is 6.47. The van der Waals surface area contributed by atoms with Crippen molar-refractivity contribution in [2.75, 3.05) is 11.9 Å². The van der Waals surface area contributed by atoms with Gasteiger partial charge in [-0.15, -0.1) is 0 Å². The lowest BCUT2D eigenvalue weighted by Crippen LogP contribution is -2.17. The van der Waals surface area contributed by atoms with Crippen molar-refractivity contribution in [2.24, 2.45) is 11.3 Å². The molecule has 1 heterocycles. The average Bonchev–Trinajstić information content (AvgIpc) is 3.10. The minimum Gasteiger partial charge on any atom is -0.360 e. The molecule has 1 aromatic rings. The van der Waals surface area contributed by atoms with Gasteiger partial charge in [0.05, 0.1) is 0 Å². The second kappa shape index (κ2) is 3.19. The second-order valence-electron chi connectivity index (χ2n) is 5.72. The molecule has 4 rings (SSSR count). The molecule has 3 aliphatic rings. The van der Waals surface area contributed by atoms with E-state index in [0.29, 0.717) is 11.3 Å². The van der Waals surface area contributed by atoms with Crippen LogP contribution >= 0.6 is 11.5 Å². The minimum absolute atomic E-state index is 0.658. The predicted octanol–water partition coefficient (Wildman–Crippen LogP) is 3.02. The van der Waals surface area contributed by atoms with Gasteiger partial charge in [0.2, 0.25) is 5.13 Å². The Morgan fingerprint density at radius 3 is 2.69 bits per heavy atom. The summed E-state index contributed by atoms with van der Waals surface area (Å²) in [5, 5.41) is 4.57. The molecule has 4 heteroatoms. The first-order valence-corrected chi connectivity index (χ1v) is 7.21. The number of aromatic nitrogens is 2. The summed E-state index contributed by atoms with van der Waals surface area (Å²) in [7, 11) is 0. The van der Waals surface area contributed by atoms with Crippen LogP contribution < -0.4 is 5.32 Å². The van der Waals surface area contributed by atoms with E-state index in [9.17, 15) is 0 Å². The third-order valence-corrected chi connectivity index (χ3v) is 5.00. The zero-order valence-electron chi connectivity index (χ0n) is 9.41. The van der Waals surface area contributed by atoms with Gasteiger partial charge in [0.1, 0.15) is 5.82 Å². The van der Waals surface area contributed by atoms with Gasteiger partial charge in [0.15, 0.2) is 0 Å². The van der Waals surface area contributed by atoms with Gasteiger partial charge in [-0.2, -0.15) is 4.37 Å². The van der Waals surface area contributed by atoms with E-state index in [1.165, 1.54) is 38.5 Å². The molecule has 0 amide bonds. The predicted molar refractivity (Wildman–Crippen MR) is 64.8 cm³/mol. The van der Waals surface area contributed by atoms with Crippen molar-refractivity contribution in [3.05, 3.63) is 5.82 Å². The van der Waals surface area contributed by atoms with Crippen molar-refractivity contribution in [3.8, 4) is 0 Å². The van der Waals surface area contributed by atoms with Gasteiger partial charge in [-0.1, -0.05) is 0 Å². The fourth-order valence-corrected chi connectivity index (χ4v) is 3.29. The molecule has 3 fully saturated rings. The highest BCUT2D eigenvalue weighted by Gasteiger charge is 2.53. The Labute approximate surface area is 99.8 Å². The molecular weight excluding hydrogens is 218 g/mol. The van der Waals surface area contributed by atoms with Gasteiger partial charge in [-0.25, -0.2) is 4.98 Å². The molecular formula is C12H17N3S. The smallest absolute Gasteiger partial charge is 0.202 e. The SMILES string of the molecule is C1CC1c1nsc(NCC2(C3CC3)CC2)n1. The summed E-state index contributed by atoms with van der Waals surface area (Å²) >= 11 is 1.55. The van der Waals surface area contributed by atoms with Crippen molar-refractivity contribution in [1.82, 2.24) is 9.36 Å². The standard InChI is InChI=1S/C12H17N3S/c1-2-8(1)10-14-11(16-15-10)13-7-12(5-6-12)9-3-4-9/h8-9H,1-7H2,(H,13,14,15). The van der Waals surface area contributed by atoms with Crippen molar-refractivity contribution in [3.63, 3.8) is 0 Å².